The van der Waals surface area contributed by atoms with E-state index in [1.807, 2.05) is 18.2 Å². The quantitative estimate of drug-likeness (QED) is 0.573. The molecule has 0 aliphatic heterocycles. The van der Waals surface area contributed by atoms with Crippen LogP contribution in [0.25, 0.3) is 0 Å². The van der Waals surface area contributed by atoms with Gasteiger partial charge in [0, 0.05) is 20.6 Å². The first kappa shape index (κ1) is 21.5. The minimum atomic E-state index is -0.0252. The van der Waals surface area contributed by atoms with Crippen molar-refractivity contribution in [2.75, 3.05) is 27.2 Å². The van der Waals surface area contributed by atoms with Gasteiger partial charge in [0.05, 0.1) is 6.04 Å². The number of nitrogens with one attached hydrogen (secondary N) is 2. The Kier molecular flexibility index (Phi) is 8.05. The minimum Gasteiger partial charge on any atom is -0.356 e. The summed E-state index contributed by atoms with van der Waals surface area (Å²) in [6.07, 6.45) is 0.893. The zero-order valence-corrected chi connectivity index (χ0v) is 17.6. The molecule has 0 aliphatic rings. The second-order valence-electron chi connectivity index (χ2n) is 7.40. The summed E-state index contributed by atoms with van der Waals surface area (Å²) in [5.41, 5.74) is 5.02. The lowest BCUT2D eigenvalue weighted by molar-refractivity contribution is -0.127. The number of guanidine groups is 1. The lowest BCUT2D eigenvalue weighted by Gasteiger charge is -2.19. The van der Waals surface area contributed by atoms with Crippen LogP contribution in [0.2, 0.25) is 0 Å². The summed E-state index contributed by atoms with van der Waals surface area (Å²) in [4.78, 5) is 18.0. The Morgan fingerprint density at radius 3 is 2.32 bits per heavy atom. The fourth-order valence-corrected chi connectivity index (χ4v) is 3.01. The Morgan fingerprint density at radius 2 is 1.71 bits per heavy atom. The van der Waals surface area contributed by atoms with E-state index in [1.54, 1.807) is 19.0 Å². The highest BCUT2D eigenvalue weighted by molar-refractivity contribution is 5.85. The van der Waals surface area contributed by atoms with Gasteiger partial charge < -0.3 is 15.5 Å². The van der Waals surface area contributed by atoms with E-state index in [0.29, 0.717) is 5.96 Å². The van der Waals surface area contributed by atoms with Gasteiger partial charge in [-0.2, -0.15) is 0 Å². The third-order valence-corrected chi connectivity index (χ3v) is 4.51. The Hall–Kier alpha value is -2.82. The SMILES string of the molecule is Cc1cc(C)cc(CCNC(=NCC(=O)N(C)C)NC(C)c2ccccc2)c1. The normalized spacial score (nSPS) is 12.4. The van der Waals surface area contributed by atoms with Gasteiger partial charge in [0.2, 0.25) is 5.91 Å². The van der Waals surface area contributed by atoms with Crippen LogP contribution >= 0.6 is 0 Å². The van der Waals surface area contributed by atoms with Gasteiger partial charge in [0.25, 0.3) is 0 Å². The first-order chi connectivity index (χ1) is 13.3. The van der Waals surface area contributed by atoms with Crippen LogP contribution in [-0.2, 0) is 11.2 Å². The molecule has 0 saturated heterocycles. The van der Waals surface area contributed by atoms with Crippen LogP contribution in [0.3, 0.4) is 0 Å². The number of carbonyl (C=O) groups excluding carboxylic acids is 1. The van der Waals surface area contributed by atoms with Crippen LogP contribution in [0.5, 0.6) is 0 Å². The monoisotopic (exact) mass is 380 g/mol. The van der Waals surface area contributed by atoms with Crippen molar-refractivity contribution in [3.8, 4) is 0 Å². The molecule has 2 aromatic rings. The summed E-state index contributed by atoms with van der Waals surface area (Å²) in [5, 5.41) is 6.77. The van der Waals surface area contributed by atoms with E-state index in [4.69, 9.17) is 0 Å². The number of amides is 1. The van der Waals surface area contributed by atoms with Crippen molar-refractivity contribution in [1.29, 1.82) is 0 Å². The molecular formula is C23H32N4O. The molecule has 150 valence electrons. The molecule has 1 atom stereocenters. The number of likely N-dealkylation sites (N-methyl/N-ethyl adjacent to an activating group) is 1. The zero-order valence-electron chi connectivity index (χ0n) is 17.6. The summed E-state index contributed by atoms with van der Waals surface area (Å²) in [6.45, 7) is 7.18. The minimum absolute atomic E-state index is 0.0252. The summed E-state index contributed by atoms with van der Waals surface area (Å²) in [6, 6.07) is 16.9. The smallest absolute Gasteiger partial charge is 0.243 e. The predicted molar refractivity (Wildman–Crippen MR) is 117 cm³/mol. The van der Waals surface area contributed by atoms with Crippen LogP contribution in [0.15, 0.2) is 53.5 Å². The van der Waals surface area contributed by atoms with Gasteiger partial charge in [-0.25, -0.2) is 4.99 Å². The highest BCUT2D eigenvalue weighted by atomic mass is 16.2. The number of carbonyl (C=O) groups is 1. The molecule has 5 nitrogen and oxygen atoms in total. The maximum absolute atomic E-state index is 11.9. The number of nitrogens with zero attached hydrogens (tertiary/aromatic N) is 2. The van der Waals surface area contributed by atoms with Crippen LogP contribution in [0.4, 0.5) is 0 Å². The summed E-state index contributed by atoms with van der Waals surface area (Å²) in [5.74, 6) is 0.624. The molecule has 0 radical (unpaired) electrons. The third kappa shape index (κ3) is 7.06. The Balaban J connectivity index is 2.02. The van der Waals surface area contributed by atoms with Gasteiger partial charge in [0.1, 0.15) is 6.54 Å². The topological polar surface area (TPSA) is 56.7 Å². The molecular weight excluding hydrogens is 348 g/mol. The first-order valence-electron chi connectivity index (χ1n) is 9.72. The molecule has 5 heteroatoms. The molecule has 0 saturated carbocycles. The molecule has 0 spiro atoms. The number of aryl methyl sites for hydroxylation is 2. The van der Waals surface area contributed by atoms with Crippen LogP contribution < -0.4 is 10.6 Å². The van der Waals surface area contributed by atoms with E-state index >= 15 is 0 Å². The number of hydrogen-bond acceptors (Lipinski definition) is 2. The molecule has 0 fully saturated rings. The maximum atomic E-state index is 11.9. The van der Waals surface area contributed by atoms with Gasteiger partial charge in [-0.1, -0.05) is 59.7 Å². The molecule has 1 unspecified atom stereocenters. The largest absolute Gasteiger partial charge is 0.356 e. The van der Waals surface area contributed by atoms with Gasteiger partial charge in [-0.05, 0) is 38.3 Å². The number of hydrogen-bond donors (Lipinski definition) is 2. The zero-order chi connectivity index (χ0) is 20.5. The molecule has 2 rings (SSSR count). The lowest BCUT2D eigenvalue weighted by Crippen LogP contribution is -2.40. The second kappa shape index (κ2) is 10.5. The Bertz CT molecular complexity index is 779. The van der Waals surface area contributed by atoms with E-state index in [9.17, 15) is 4.79 Å². The van der Waals surface area contributed by atoms with Crippen molar-refractivity contribution in [3.63, 3.8) is 0 Å². The number of aliphatic imine (C=N–C) groups is 1. The van der Waals surface area contributed by atoms with Gasteiger partial charge in [0.15, 0.2) is 5.96 Å². The van der Waals surface area contributed by atoms with Gasteiger partial charge >= 0.3 is 0 Å². The molecule has 2 aromatic carbocycles. The summed E-state index contributed by atoms with van der Waals surface area (Å²) in [7, 11) is 3.48. The van der Waals surface area contributed by atoms with Crippen LogP contribution in [-0.4, -0.2) is 44.0 Å². The van der Waals surface area contributed by atoms with E-state index in [2.05, 4.69) is 66.7 Å². The molecule has 2 N–H and O–H groups in total. The van der Waals surface area contributed by atoms with Crippen LogP contribution in [0, 0.1) is 13.8 Å². The van der Waals surface area contributed by atoms with Crippen molar-refractivity contribution in [2.45, 2.75) is 33.2 Å². The Morgan fingerprint density at radius 1 is 1.07 bits per heavy atom. The fourth-order valence-electron chi connectivity index (χ4n) is 3.01. The van der Waals surface area contributed by atoms with Gasteiger partial charge in [-0.3, -0.25) is 4.79 Å². The molecule has 28 heavy (non-hydrogen) atoms. The summed E-state index contributed by atoms with van der Waals surface area (Å²) < 4.78 is 0. The average molecular weight is 381 g/mol. The highest BCUT2D eigenvalue weighted by Crippen LogP contribution is 2.11. The lowest BCUT2D eigenvalue weighted by atomic mass is 10.1. The van der Waals surface area contributed by atoms with Crippen molar-refractivity contribution in [1.82, 2.24) is 15.5 Å². The fraction of sp³-hybridized carbons (Fsp3) is 0.391. The van der Waals surface area contributed by atoms with Crippen molar-refractivity contribution in [3.05, 3.63) is 70.8 Å². The highest BCUT2D eigenvalue weighted by Gasteiger charge is 2.09. The van der Waals surface area contributed by atoms with E-state index in [0.717, 1.165) is 13.0 Å². The molecule has 0 aliphatic carbocycles. The third-order valence-electron chi connectivity index (χ3n) is 4.51. The van der Waals surface area contributed by atoms with Crippen molar-refractivity contribution in [2.24, 2.45) is 4.99 Å². The Labute approximate surface area is 168 Å². The standard InChI is InChI=1S/C23H32N4O/c1-17-13-18(2)15-20(14-17)11-12-24-23(25-16-22(28)27(4)5)26-19(3)21-9-7-6-8-10-21/h6-10,13-15,19H,11-12,16H2,1-5H3,(H2,24,25,26). The number of benzene rings is 2. The number of rotatable bonds is 7. The molecule has 0 heterocycles. The maximum Gasteiger partial charge on any atom is 0.243 e. The van der Waals surface area contributed by atoms with Crippen molar-refractivity contribution >= 4 is 11.9 Å². The second-order valence-corrected chi connectivity index (χ2v) is 7.40. The molecule has 0 bridgehead atoms. The van der Waals surface area contributed by atoms with Gasteiger partial charge in [-0.15, -0.1) is 0 Å². The van der Waals surface area contributed by atoms with Crippen LogP contribution in [0.1, 0.15) is 35.2 Å². The molecule has 0 aromatic heterocycles. The first-order valence-corrected chi connectivity index (χ1v) is 9.72. The van der Waals surface area contributed by atoms with E-state index in [-0.39, 0.29) is 18.5 Å². The van der Waals surface area contributed by atoms with E-state index < -0.39 is 0 Å². The van der Waals surface area contributed by atoms with Crippen molar-refractivity contribution < 1.29 is 4.79 Å². The van der Waals surface area contributed by atoms with E-state index in [1.165, 1.54) is 22.3 Å². The molecule has 1 amide bonds. The summed E-state index contributed by atoms with van der Waals surface area (Å²) >= 11 is 0. The average Bonchev–Trinajstić information content (AvgIpc) is 2.65. The predicted octanol–water partition coefficient (Wildman–Crippen LogP) is 3.23.